The molecule has 0 radical (unpaired) electrons. The summed E-state index contributed by atoms with van der Waals surface area (Å²) in [5.74, 6) is -1.74. The summed E-state index contributed by atoms with van der Waals surface area (Å²) < 4.78 is 0. The number of benzene rings is 1. The monoisotopic (exact) mass is 265 g/mol. The van der Waals surface area contributed by atoms with Crippen LogP contribution in [0.1, 0.15) is 36.7 Å². The largest absolute Gasteiger partial charge is 0.479 e. The van der Waals surface area contributed by atoms with Gasteiger partial charge in [0.1, 0.15) is 0 Å². The van der Waals surface area contributed by atoms with Crippen molar-refractivity contribution in [1.29, 1.82) is 0 Å². The van der Waals surface area contributed by atoms with Gasteiger partial charge in [0.15, 0.2) is 6.10 Å². The predicted molar refractivity (Wildman–Crippen MR) is 71.1 cm³/mol. The average Bonchev–Trinajstić information content (AvgIpc) is 2.34. The Kier molecular flexibility index (Phi) is 4.67. The summed E-state index contributed by atoms with van der Waals surface area (Å²) >= 11 is 0. The maximum atomic E-state index is 12.0. The van der Waals surface area contributed by atoms with Gasteiger partial charge in [-0.2, -0.15) is 0 Å². The quantitative estimate of drug-likeness (QED) is 0.762. The SMILES string of the molecule is CC(C)(C)c1ccccc1C(=O)NCC(O)C(=O)O. The number of aliphatic carboxylic acids is 1. The Bertz CT molecular complexity index is 477. The van der Waals surface area contributed by atoms with Crippen LogP contribution in [0.15, 0.2) is 24.3 Å². The Labute approximate surface area is 112 Å². The minimum Gasteiger partial charge on any atom is -0.479 e. The van der Waals surface area contributed by atoms with Crippen molar-refractivity contribution in [3.05, 3.63) is 35.4 Å². The molecule has 1 aromatic rings. The van der Waals surface area contributed by atoms with Crippen molar-refractivity contribution in [3.8, 4) is 0 Å². The van der Waals surface area contributed by atoms with Gasteiger partial charge < -0.3 is 15.5 Å². The lowest BCUT2D eigenvalue weighted by atomic mass is 9.83. The maximum absolute atomic E-state index is 12.0. The van der Waals surface area contributed by atoms with Crippen LogP contribution in [-0.2, 0) is 10.2 Å². The van der Waals surface area contributed by atoms with E-state index in [-0.39, 0.29) is 17.9 Å². The van der Waals surface area contributed by atoms with Crippen LogP contribution in [0.3, 0.4) is 0 Å². The Hall–Kier alpha value is -1.88. The normalized spacial score (nSPS) is 12.8. The van der Waals surface area contributed by atoms with E-state index in [1.165, 1.54) is 0 Å². The first-order valence-corrected chi connectivity index (χ1v) is 6.02. The molecular formula is C14H19NO4. The van der Waals surface area contributed by atoms with E-state index >= 15 is 0 Å². The molecule has 0 saturated heterocycles. The van der Waals surface area contributed by atoms with Crippen molar-refractivity contribution < 1.29 is 19.8 Å². The van der Waals surface area contributed by atoms with Crippen LogP contribution in [-0.4, -0.2) is 34.7 Å². The number of carbonyl (C=O) groups excluding carboxylic acids is 1. The molecular weight excluding hydrogens is 246 g/mol. The molecule has 0 aliphatic rings. The van der Waals surface area contributed by atoms with E-state index in [0.717, 1.165) is 5.56 Å². The highest BCUT2D eigenvalue weighted by Crippen LogP contribution is 2.25. The Morgan fingerprint density at radius 1 is 1.26 bits per heavy atom. The van der Waals surface area contributed by atoms with E-state index in [2.05, 4.69) is 5.32 Å². The molecule has 104 valence electrons. The van der Waals surface area contributed by atoms with Gasteiger partial charge >= 0.3 is 5.97 Å². The van der Waals surface area contributed by atoms with Crippen molar-refractivity contribution in [2.75, 3.05) is 6.54 Å². The summed E-state index contributed by atoms with van der Waals surface area (Å²) in [6, 6.07) is 7.15. The van der Waals surface area contributed by atoms with E-state index in [1.54, 1.807) is 12.1 Å². The number of aliphatic hydroxyl groups excluding tert-OH is 1. The third-order valence-electron chi connectivity index (χ3n) is 2.72. The molecule has 0 aliphatic heterocycles. The number of hydrogen-bond donors (Lipinski definition) is 3. The molecule has 0 spiro atoms. The average molecular weight is 265 g/mol. The molecule has 0 fully saturated rings. The lowest BCUT2D eigenvalue weighted by Crippen LogP contribution is -2.37. The lowest BCUT2D eigenvalue weighted by Gasteiger charge is -2.22. The third kappa shape index (κ3) is 4.06. The zero-order valence-electron chi connectivity index (χ0n) is 11.3. The molecule has 0 heterocycles. The van der Waals surface area contributed by atoms with Crippen molar-refractivity contribution in [2.24, 2.45) is 0 Å². The maximum Gasteiger partial charge on any atom is 0.334 e. The number of carboxylic acids is 1. The minimum absolute atomic E-state index is 0.195. The predicted octanol–water partition coefficient (Wildman–Crippen LogP) is 1.16. The second-order valence-corrected chi connectivity index (χ2v) is 5.36. The van der Waals surface area contributed by atoms with E-state index in [0.29, 0.717) is 5.56 Å². The number of carbonyl (C=O) groups is 2. The van der Waals surface area contributed by atoms with E-state index in [1.807, 2.05) is 32.9 Å². The topological polar surface area (TPSA) is 86.6 Å². The smallest absolute Gasteiger partial charge is 0.334 e. The number of rotatable bonds is 4. The number of carboxylic acid groups (broad SMARTS) is 1. The highest BCUT2D eigenvalue weighted by Gasteiger charge is 2.22. The van der Waals surface area contributed by atoms with Gasteiger partial charge in [-0.3, -0.25) is 4.79 Å². The zero-order valence-corrected chi connectivity index (χ0v) is 11.3. The molecule has 1 amide bonds. The van der Waals surface area contributed by atoms with E-state index < -0.39 is 12.1 Å². The first kappa shape index (κ1) is 15.2. The van der Waals surface area contributed by atoms with Crippen LogP contribution < -0.4 is 5.32 Å². The third-order valence-corrected chi connectivity index (χ3v) is 2.72. The van der Waals surface area contributed by atoms with Crippen LogP contribution in [0.5, 0.6) is 0 Å². The molecule has 0 bridgehead atoms. The van der Waals surface area contributed by atoms with Crippen LogP contribution in [0.4, 0.5) is 0 Å². The molecule has 1 unspecified atom stereocenters. The van der Waals surface area contributed by atoms with Gasteiger partial charge in [0, 0.05) is 5.56 Å². The molecule has 1 atom stereocenters. The molecule has 0 aliphatic carbocycles. The van der Waals surface area contributed by atoms with Crippen LogP contribution in [0.25, 0.3) is 0 Å². The highest BCUT2D eigenvalue weighted by molar-refractivity contribution is 5.96. The summed E-state index contributed by atoms with van der Waals surface area (Å²) in [4.78, 5) is 22.5. The fourth-order valence-corrected chi connectivity index (χ4v) is 1.71. The summed E-state index contributed by atoms with van der Waals surface area (Å²) in [7, 11) is 0. The van der Waals surface area contributed by atoms with Gasteiger partial charge in [-0.15, -0.1) is 0 Å². The zero-order chi connectivity index (χ0) is 14.6. The Balaban J connectivity index is 2.86. The summed E-state index contributed by atoms with van der Waals surface area (Å²) in [6.07, 6.45) is -1.59. The van der Waals surface area contributed by atoms with Gasteiger partial charge in [0.2, 0.25) is 0 Å². The van der Waals surface area contributed by atoms with Crippen molar-refractivity contribution in [1.82, 2.24) is 5.32 Å². The number of nitrogens with one attached hydrogen (secondary N) is 1. The lowest BCUT2D eigenvalue weighted by molar-refractivity contribution is -0.146. The summed E-state index contributed by atoms with van der Waals surface area (Å²) in [5, 5.41) is 20.1. The van der Waals surface area contributed by atoms with Crippen molar-refractivity contribution in [3.63, 3.8) is 0 Å². The van der Waals surface area contributed by atoms with Gasteiger partial charge in [0.05, 0.1) is 6.54 Å². The number of amides is 1. The fourth-order valence-electron chi connectivity index (χ4n) is 1.71. The Morgan fingerprint density at radius 2 is 1.84 bits per heavy atom. The Morgan fingerprint density at radius 3 is 2.37 bits per heavy atom. The van der Waals surface area contributed by atoms with Crippen molar-refractivity contribution in [2.45, 2.75) is 32.3 Å². The molecule has 5 heteroatoms. The molecule has 3 N–H and O–H groups in total. The molecule has 0 aromatic heterocycles. The highest BCUT2D eigenvalue weighted by atomic mass is 16.4. The minimum atomic E-state index is -1.59. The second kappa shape index (κ2) is 5.84. The fraction of sp³-hybridized carbons (Fsp3) is 0.429. The summed E-state index contributed by atoms with van der Waals surface area (Å²) in [6.45, 7) is 5.66. The standard InChI is InChI=1S/C14H19NO4/c1-14(2,3)10-7-5-4-6-9(10)12(17)15-8-11(16)13(18)19/h4-7,11,16H,8H2,1-3H3,(H,15,17)(H,18,19). The van der Waals surface area contributed by atoms with Gasteiger partial charge in [0.25, 0.3) is 5.91 Å². The van der Waals surface area contributed by atoms with Gasteiger partial charge in [-0.25, -0.2) is 4.79 Å². The first-order valence-electron chi connectivity index (χ1n) is 6.02. The molecule has 1 aromatic carbocycles. The number of hydrogen-bond acceptors (Lipinski definition) is 3. The molecule has 1 rings (SSSR count). The van der Waals surface area contributed by atoms with Gasteiger partial charge in [-0.05, 0) is 17.0 Å². The second-order valence-electron chi connectivity index (χ2n) is 5.36. The molecule has 5 nitrogen and oxygen atoms in total. The van der Waals surface area contributed by atoms with Crippen molar-refractivity contribution >= 4 is 11.9 Å². The molecule has 19 heavy (non-hydrogen) atoms. The first-order chi connectivity index (χ1) is 8.73. The summed E-state index contributed by atoms with van der Waals surface area (Å²) in [5.41, 5.74) is 1.17. The van der Waals surface area contributed by atoms with E-state index in [4.69, 9.17) is 10.2 Å². The van der Waals surface area contributed by atoms with Crippen LogP contribution in [0.2, 0.25) is 0 Å². The van der Waals surface area contributed by atoms with E-state index in [9.17, 15) is 9.59 Å². The van der Waals surface area contributed by atoms with Gasteiger partial charge in [-0.1, -0.05) is 39.0 Å². The van der Waals surface area contributed by atoms with Crippen LogP contribution >= 0.6 is 0 Å². The van der Waals surface area contributed by atoms with Crippen LogP contribution in [0, 0.1) is 0 Å². The molecule has 0 saturated carbocycles. The number of aliphatic hydroxyl groups is 1.